The normalized spacial score (nSPS) is 10.2. The average Bonchev–Trinajstić information content (AvgIpc) is 2.93. The van der Waals surface area contributed by atoms with Crippen molar-refractivity contribution in [3.63, 3.8) is 0 Å². The number of carbonyl (C=O) groups excluding carboxylic acids is 2. The highest BCUT2D eigenvalue weighted by atomic mass is 35.5. The van der Waals surface area contributed by atoms with Crippen molar-refractivity contribution in [3.8, 4) is 0 Å². The lowest BCUT2D eigenvalue weighted by atomic mass is 10.1. The molecule has 0 saturated carbocycles. The van der Waals surface area contributed by atoms with Crippen LogP contribution in [0.4, 0.5) is 5.69 Å². The number of amides is 2. The molecule has 1 aromatic carbocycles. The third-order valence-electron chi connectivity index (χ3n) is 2.61. The minimum Gasteiger partial charge on any atom is -0.459 e. The molecule has 0 saturated heterocycles. The summed E-state index contributed by atoms with van der Waals surface area (Å²) in [5.41, 5.74) is 0.705. The van der Waals surface area contributed by atoms with Crippen LogP contribution in [0.15, 0.2) is 41.0 Å². The highest BCUT2D eigenvalue weighted by Gasteiger charge is 2.17. The van der Waals surface area contributed by atoms with Crippen molar-refractivity contribution in [2.75, 3.05) is 19.4 Å². The predicted molar refractivity (Wildman–Crippen MR) is 76.1 cm³/mol. The average molecular weight is 293 g/mol. The van der Waals surface area contributed by atoms with Gasteiger partial charge in [-0.3, -0.25) is 9.59 Å². The van der Waals surface area contributed by atoms with E-state index in [1.165, 1.54) is 17.2 Å². The van der Waals surface area contributed by atoms with Crippen molar-refractivity contribution < 1.29 is 14.0 Å². The van der Waals surface area contributed by atoms with Crippen LogP contribution in [0, 0.1) is 0 Å². The van der Waals surface area contributed by atoms with E-state index in [1.807, 2.05) is 0 Å². The van der Waals surface area contributed by atoms with Crippen LogP contribution >= 0.6 is 11.6 Å². The first kappa shape index (κ1) is 14.1. The van der Waals surface area contributed by atoms with Gasteiger partial charge in [0.1, 0.15) is 0 Å². The Morgan fingerprint density at radius 3 is 2.60 bits per heavy atom. The molecule has 0 unspecified atom stereocenters. The third kappa shape index (κ3) is 3.00. The summed E-state index contributed by atoms with van der Waals surface area (Å²) in [7, 11) is 3.25. The summed E-state index contributed by atoms with van der Waals surface area (Å²) < 4.78 is 5.01. The maximum atomic E-state index is 12.1. The van der Waals surface area contributed by atoms with Crippen LogP contribution in [0.1, 0.15) is 20.9 Å². The van der Waals surface area contributed by atoms with Crippen LogP contribution < -0.4 is 5.32 Å². The number of hydrogen-bond acceptors (Lipinski definition) is 3. The topological polar surface area (TPSA) is 62.6 Å². The van der Waals surface area contributed by atoms with Crippen molar-refractivity contribution >= 4 is 29.1 Å². The molecule has 0 radical (unpaired) electrons. The Labute approximate surface area is 121 Å². The van der Waals surface area contributed by atoms with Gasteiger partial charge in [0.2, 0.25) is 0 Å². The molecular formula is C14H13ClN2O3. The zero-order valence-electron chi connectivity index (χ0n) is 11.0. The van der Waals surface area contributed by atoms with E-state index in [4.69, 9.17) is 16.0 Å². The van der Waals surface area contributed by atoms with Gasteiger partial charge in [0.25, 0.3) is 11.8 Å². The fourth-order valence-electron chi connectivity index (χ4n) is 1.63. The summed E-state index contributed by atoms with van der Waals surface area (Å²) in [4.78, 5) is 25.4. The minimum atomic E-state index is -0.426. The van der Waals surface area contributed by atoms with Crippen LogP contribution in [0.3, 0.4) is 0 Å². The van der Waals surface area contributed by atoms with Crippen molar-refractivity contribution in [3.05, 3.63) is 52.9 Å². The van der Waals surface area contributed by atoms with E-state index >= 15 is 0 Å². The molecule has 0 aliphatic heterocycles. The molecule has 2 rings (SSSR count). The zero-order valence-corrected chi connectivity index (χ0v) is 11.8. The molecule has 2 amide bonds. The molecule has 0 spiro atoms. The molecular weight excluding hydrogens is 280 g/mol. The zero-order chi connectivity index (χ0) is 14.7. The Balaban J connectivity index is 2.32. The standard InChI is InChI=1S/C14H13ClN2O3/c1-17(2)14(19)10-8-9(15)5-6-11(10)16-13(18)12-4-3-7-20-12/h3-8H,1-2H3,(H,16,18). The lowest BCUT2D eigenvalue weighted by molar-refractivity contribution is 0.0828. The Hall–Kier alpha value is -2.27. The first-order valence-corrected chi connectivity index (χ1v) is 6.23. The van der Waals surface area contributed by atoms with E-state index < -0.39 is 5.91 Å². The van der Waals surface area contributed by atoms with Gasteiger partial charge in [-0.05, 0) is 30.3 Å². The van der Waals surface area contributed by atoms with E-state index in [2.05, 4.69) is 5.32 Å². The molecule has 1 aromatic heterocycles. The molecule has 6 heteroatoms. The SMILES string of the molecule is CN(C)C(=O)c1cc(Cl)ccc1NC(=O)c1ccco1. The molecule has 0 bridgehead atoms. The highest BCUT2D eigenvalue weighted by molar-refractivity contribution is 6.31. The van der Waals surface area contributed by atoms with Crippen LogP contribution in [0.2, 0.25) is 5.02 Å². The minimum absolute atomic E-state index is 0.170. The smallest absolute Gasteiger partial charge is 0.291 e. The number of nitrogens with one attached hydrogen (secondary N) is 1. The number of anilines is 1. The lowest BCUT2D eigenvalue weighted by Crippen LogP contribution is -2.24. The summed E-state index contributed by atoms with van der Waals surface area (Å²) in [6, 6.07) is 7.86. The summed E-state index contributed by atoms with van der Waals surface area (Å²) in [6.45, 7) is 0. The first-order chi connectivity index (χ1) is 9.49. The van der Waals surface area contributed by atoms with Gasteiger partial charge in [-0.1, -0.05) is 11.6 Å². The second-order valence-electron chi connectivity index (χ2n) is 4.32. The van der Waals surface area contributed by atoms with Gasteiger partial charge in [-0.2, -0.15) is 0 Å². The van der Waals surface area contributed by atoms with Crippen LogP contribution in [-0.4, -0.2) is 30.8 Å². The van der Waals surface area contributed by atoms with Gasteiger partial charge in [0.05, 0.1) is 17.5 Å². The van der Waals surface area contributed by atoms with Crippen LogP contribution in [0.25, 0.3) is 0 Å². The van der Waals surface area contributed by atoms with E-state index in [0.717, 1.165) is 0 Å². The Morgan fingerprint density at radius 2 is 2.00 bits per heavy atom. The first-order valence-electron chi connectivity index (χ1n) is 5.85. The number of carbonyl (C=O) groups is 2. The Kier molecular flexibility index (Phi) is 4.10. The number of hydrogen-bond donors (Lipinski definition) is 1. The quantitative estimate of drug-likeness (QED) is 0.946. The number of halogens is 1. The summed E-state index contributed by atoms with van der Waals surface area (Å²) in [6.07, 6.45) is 1.41. The van der Waals surface area contributed by atoms with Gasteiger partial charge in [-0.25, -0.2) is 0 Å². The van der Waals surface area contributed by atoms with Crippen molar-refractivity contribution in [2.24, 2.45) is 0 Å². The van der Waals surface area contributed by atoms with Gasteiger partial charge in [0.15, 0.2) is 5.76 Å². The van der Waals surface area contributed by atoms with Gasteiger partial charge < -0.3 is 14.6 Å². The molecule has 5 nitrogen and oxygen atoms in total. The van der Waals surface area contributed by atoms with Gasteiger partial charge in [0, 0.05) is 19.1 Å². The third-order valence-corrected chi connectivity index (χ3v) is 2.85. The number of benzene rings is 1. The second-order valence-corrected chi connectivity index (χ2v) is 4.76. The number of furan rings is 1. The summed E-state index contributed by atoms with van der Waals surface area (Å²) in [5.74, 6) is -0.504. The van der Waals surface area contributed by atoms with Crippen molar-refractivity contribution in [1.82, 2.24) is 4.90 Å². The molecule has 1 N–H and O–H groups in total. The van der Waals surface area contributed by atoms with Gasteiger partial charge >= 0.3 is 0 Å². The van der Waals surface area contributed by atoms with Crippen LogP contribution in [-0.2, 0) is 0 Å². The maximum Gasteiger partial charge on any atom is 0.291 e. The predicted octanol–water partition coefficient (Wildman–Crippen LogP) is 2.89. The molecule has 0 aliphatic rings. The largest absolute Gasteiger partial charge is 0.459 e. The Morgan fingerprint density at radius 1 is 1.25 bits per heavy atom. The van der Waals surface area contributed by atoms with Crippen LogP contribution in [0.5, 0.6) is 0 Å². The summed E-state index contributed by atoms with van der Waals surface area (Å²) in [5, 5.41) is 3.06. The monoisotopic (exact) mass is 292 g/mol. The fraction of sp³-hybridized carbons (Fsp3) is 0.143. The molecule has 2 aromatic rings. The van der Waals surface area contributed by atoms with Gasteiger partial charge in [-0.15, -0.1) is 0 Å². The molecule has 104 valence electrons. The van der Waals surface area contributed by atoms with E-state index in [-0.39, 0.29) is 11.7 Å². The van der Waals surface area contributed by atoms with E-state index in [1.54, 1.807) is 38.4 Å². The molecule has 1 heterocycles. The molecule has 0 atom stereocenters. The Bertz CT molecular complexity index is 636. The van der Waals surface area contributed by atoms with Crippen molar-refractivity contribution in [2.45, 2.75) is 0 Å². The van der Waals surface area contributed by atoms with E-state index in [0.29, 0.717) is 16.3 Å². The summed E-state index contributed by atoms with van der Waals surface area (Å²) >= 11 is 5.90. The number of nitrogens with zero attached hydrogens (tertiary/aromatic N) is 1. The molecule has 20 heavy (non-hydrogen) atoms. The molecule has 0 fully saturated rings. The highest BCUT2D eigenvalue weighted by Crippen LogP contribution is 2.22. The number of rotatable bonds is 3. The lowest BCUT2D eigenvalue weighted by Gasteiger charge is -2.14. The molecule has 0 aliphatic carbocycles. The second kappa shape index (κ2) is 5.79. The van der Waals surface area contributed by atoms with Crippen molar-refractivity contribution in [1.29, 1.82) is 0 Å². The van der Waals surface area contributed by atoms with E-state index in [9.17, 15) is 9.59 Å². The maximum absolute atomic E-state index is 12.1. The fourth-order valence-corrected chi connectivity index (χ4v) is 1.81.